The van der Waals surface area contributed by atoms with Crippen molar-refractivity contribution in [3.63, 3.8) is 0 Å². The molecule has 4 heteroatoms. The van der Waals surface area contributed by atoms with Crippen LogP contribution in [0, 0.1) is 0 Å². The van der Waals surface area contributed by atoms with E-state index in [-0.39, 0.29) is 5.78 Å². The molecule has 1 N–H and O–H groups in total. The molecule has 2 rings (SSSR count). The third kappa shape index (κ3) is 4.37. The number of benzene rings is 2. The highest BCUT2D eigenvalue weighted by Gasteiger charge is 2.05. The Kier molecular flexibility index (Phi) is 5.00. The molecule has 0 saturated heterocycles. The van der Waals surface area contributed by atoms with Crippen molar-refractivity contribution in [1.82, 2.24) is 0 Å². The Bertz CT molecular complexity index is 551. The van der Waals surface area contributed by atoms with E-state index in [1.54, 1.807) is 24.3 Å². The molecule has 19 heavy (non-hydrogen) atoms. The van der Waals surface area contributed by atoms with Gasteiger partial charge in [-0.25, -0.2) is 0 Å². The number of nitrogens with one attached hydrogen (secondary N) is 1. The Labute approximate surface area is 125 Å². The molecule has 0 amide bonds. The Morgan fingerprint density at radius 2 is 1.68 bits per heavy atom. The summed E-state index contributed by atoms with van der Waals surface area (Å²) < 4.78 is 1.04. The summed E-state index contributed by atoms with van der Waals surface area (Å²) >= 11 is 9.17. The first-order chi connectivity index (χ1) is 9.15. The van der Waals surface area contributed by atoms with Crippen LogP contribution in [0.2, 0.25) is 5.02 Å². The molecule has 2 aromatic rings. The van der Waals surface area contributed by atoms with Gasteiger partial charge < -0.3 is 5.32 Å². The first kappa shape index (κ1) is 14.1. The van der Waals surface area contributed by atoms with Crippen molar-refractivity contribution in [3.05, 3.63) is 63.6 Å². The quantitative estimate of drug-likeness (QED) is 0.794. The SMILES string of the molecule is O=C(CCNc1ccc(Br)cc1)c1ccc(Cl)cc1. The Hall–Kier alpha value is -1.32. The van der Waals surface area contributed by atoms with Gasteiger partial charge in [0.1, 0.15) is 0 Å². The minimum Gasteiger partial charge on any atom is -0.385 e. The Balaban J connectivity index is 1.84. The van der Waals surface area contributed by atoms with Crippen molar-refractivity contribution >= 4 is 39.0 Å². The van der Waals surface area contributed by atoms with Crippen LogP contribution in [-0.2, 0) is 0 Å². The fraction of sp³-hybridized carbons (Fsp3) is 0.133. The maximum atomic E-state index is 11.9. The Morgan fingerprint density at radius 1 is 1.05 bits per heavy atom. The molecule has 0 aliphatic rings. The van der Waals surface area contributed by atoms with Gasteiger partial charge in [-0.05, 0) is 48.5 Å². The molecule has 0 spiro atoms. The monoisotopic (exact) mass is 337 g/mol. The number of hydrogen-bond donors (Lipinski definition) is 1. The number of halogens is 2. The van der Waals surface area contributed by atoms with Gasteiger partial charge in [-0.1, -0.05) is 27.5 Å². The minimum absolute atomic E-state index is 0.112. The van der Waals surface area contributed by atoms with Crippen LogP contribution < -0.4 is 5.32 Å². The number of Topliss-reactive ketones (excluding diaryl/α,β-unsaturated/α-hetero) is 1. The van der Waals surface area contributed by atoms with E-state index in [2.05, 4.69) is 21.2 Å². The van der Waals surface area contributed by atoms with Crippen LogP contribution in [0.1, 0.15) is 16.8 Å². The highest BCUT2D eigenvalue weighted by molar-refractivity contribution is 9.10. The molecule has 0 bridgehead atoms. The molecule has 2 nitrogen and oxygen atoms in total. The molecule has 0 heterocycles. The van der Waals surface area contributed by atoms with Gasteiger partial charge in [0.05, 0.1) is 0 Å². The standard InChI is InChI=1S/C15H13BrClNO/c16-12-3-7-14(8-4-12)18-10-9-15(19)11-1-5-13(17)6-2-11/h1-8,18H,9-10H2. The van der Waals surface area contributed by atoms with Crippen LogP contribution in [0.25, 0.3) is 0 Å². The second kappa shape index (κ2) is 6.73. The second-order valence-electron chi connectivity index (χ2n) is 4.11. The zero-order valence-electron chi connectivity index (χ0n) is 10.2. The van der Waals surface area contributed by atoms with E-state index >= 15 is 0 Å². The van der Waals surface area contributed by atoms with Crippen LogP contribution >= 0.6 is 27.5 Å². The van der Waals surface area contributed by atoms with E-state index in [0.717, 1.165) is 10.2 Å². The maximum absolute atomic E-state index is 11.9. The van der Waals surface area contributed by atoms with Crippen LogP contribution in [0.4, 0.5) is 5.69 Å². The third-order valence-electron chi connectivity index (χ3n) is 2.69. The average molecular weight is 339 g/mol. The average Bonchev–Trinajstić information content (AvgIpc) is 2.41. The van der Waals surface area contributed by atoms with Crippen molar-refractivity contribution in [3.8, 4) is 0 Å². The number of hydrogen-bond acceptors (Lipinski definition) is 2. The number of carbonyl (C=O) groups is 1. The van der Waals surface area contributed by atoms with E-state index < -0.39 is 0 Å². The molecule has 0 fully saturated rings. The molecule has 0 saturated carbocycles. The second-order valence-corrected chi connectivity index (χ2v) is 5.47. The van der Waals surface area contributed by atoms with Gasteiger partial charge in [-0.3, -0.25) is 4.79 Å². The summed E-state index contributed by atoms with van der Waals surface area (Å²) in [5, 5.41) is 3.86. The van der Waals surface area contributed by atoms with Crippen molar-refractivity contribution < 1.29 is 4.79 Å². The van der Waals surface area contributed by atoms with Gasteiger partial charge in [0.15, 0.2) is 5.78 Å². The fourth-order valence-corrected chi connectivity index (χ4v) is 2.06. The lowest BCUT2D eigenvalue weighted by Crippen LogP contribution is -2.08. The number of rotatable bonds is 5. The summed E-state index contributed by atoms with van der Waals surface area (Å²) in [7, 11) is 0. The molecular weight excluding hydrogens is 326 g/mol. The van der Waals surface area contributed by atoms with Crippen molar-refractivity contribution in [1.29, 1.82) is 0 Å². The number of ketones is 1. The zero-order chi connectivity index (χ0) is 13.7. The van der Waals surface area contributed by atoms with Gasteiger partial charge in [0.25, 0.3) is 0 Å². The first-order valence-electron chi connectivity index (χ1n) is 5.93. The van der Waals surface area contributed by atoms with Crippen LogP contribution in [0.5, 0.6) is 0 Å². The van der Waals surface area contributed by atoms with Gasteiger partial charge in [-0.15, -0.1) is 0 Å². The summed E-state index contributed by atoms with van der Waals surface area (Å²) in [5.74, 6) is 0.112. The van der Waals surface area contributed by atoms with Crippen molar-refractivity contribution in [2.75, 3.05) is 11.9 Å². The van der Waals surface area contributed by atoms with Crippen molar-refractivity contribution in [2.24, 2.45) is 0 Å². The normalized spacial score (nSPS) is 10.2. The van der Waals surface area contributed by atoms with Crippen LogP contribution in [0.15, 0.2) is 53.0 Å². The Morgan fingerprint density at radius 3 is 2.32 bits per heavy atom. The predicted octanol–water partition coefficient (Wildman–Crippen LogP) is 4.79. The van der Waals surface area contributed by atoms with Gasteiger partial charge in [0.2, 0.25) is 0 Å². The molecule has 0 aliphatic heterocycles. The van der Waals surface area contributed by atoms with Gasteiger partial charge in [0, 0.05) is 33.7 Å². The topological polar surface area (TPSA) is 29.1 Å². The molecule has 0 unspecified atom stereocenters. The third-order valence-corrected chi connectivity index (χ3v) is 3.47. The van der Waals surface area contributed by atoms with E-state index in [9.17, 15) is 4.79 Å². The molecular formula is C15H13BrClNO. The molecule has 0 atom stereocenters. The molecule has 0 aromatic heterocycles. The van der Waals surface area contributed by atoms with Crippen LogP contribution in [0.3, 0.4) is 0 Å². The predicted molar refractivity (Wildman–Crippen MR) is 83.0 cm³/mol. The summed E-state index contributed by atoms with van der Waals surface area (Å²) in [5.41, 5.74) is 1.70. The fourth-order valence-electron chi connectivity index (χ4n) is 1.67. The van der Waals surface area contributed by atoms with E-state index in [4.69, 9.17) is 11.6 Å². The van der Waals surface area contributed by atoms with Crippen LogP contribution in [-0.4, -0.2) is 12.3 Å². The largest absolute Gasteiger partial charge is 0.385 e. The summed E-state index contributed by atoms with van der Waals surface area (Å²) in [6.45, 7) is 0.614. The molecule has 0 radical (unpaired) electrons. The lowest BCUT2D eigenvalue weighted by molar-refractivity contribution is 0.0986. The molecule has 0 aliphatic carbocycles. The summed E-state index contributed by atoms with van der Waals surface area (Å²) in [4.78, 5) is 11.9. The van der Waals surface area contributed by atoms with Gasteiger partial charge in [-0.2, -0.15) is 0 Å². The van der Waals surface area contributed by atoms with E-state index in [0.29, 0.717) is 23.6 Å². The van der Waals surface area contributed by atoms with E-state index in [1.807, 2.05) is 24.3 Å². The maximum Gasteiger partial charge on any atom is 0.164 e. The van der Waals surface area contributed by atoms with E-state index in [1.165, 1.54) is 0 Å². The number of carbonyl (C=O) groups excluding carboxylic acids is 1. The molecule has 2 aromatic carbocycles. The van der Waals surface area contributed by atoms with Gasteiger partial charge >= 0.3 is 0 Å². The highest BCUT2D eigenvalue weighted by atomic mass is 79.9. The first-order valence-corrected chi connectivity index (χ1v) is 7.10. The number of anilines is 1. The summed E-state index contributed by atoms with van der Waals surface area (Å²) in [6.07, 6.45) is 0.456. The molecule has 98 valence electrons. The lowest BCUT2D eigenvalue weighted by Gasteiger charge is -2.06. The lowest BCUT2D eigenvalue weighted by atomic mass is 10.1. The smallest absolute Gasteiger partial charge is 0.164 e. The summed E-state index contributed by atoms with van der Waals surface area (Å²) in [6, 6.07) is 14.8. The minimum atomic E-state index is 0.112. The highest BCUT2D eigenvalue weighted by Crippen LogP contribution is 2.14. The zero-order valence-corrected chi connectivity index (χ0v) is 12.5. The van der Waals surface area contributed by atoms with Crippen molar-refractivity contribution in [2.45, 2.75) is 6.42 Å².